The van der Waals surface area contributed by atoms with Crippen LogP contribution < -0.4 is 9.80 Å². The van der Waals surface area contributed by atoms with Gasteiger partial charge in [0.05, 0.1) is 23.9 Å². The molecule has 0 atom stereocenters. The van der Waals surface area contributed by atoms with Crippen molar-refractivity contribution in [2.24, 2.45) is 0 Å². The number of hydrogen-bond donors (Lipinski definition) is 0. The lowest BCUT2D eigenvalue weighted by molar-refractivity contribution is 0.183. The number of halogens is 1. The highest BCUT2D eigenvalue weighted by Gasteiger charge is 2.22. The lowest BCUT2D eigenvalue weighted by atomic mass is 10.2. The molecule has 2 heterocycles. The zero-order valence-corrected chi connectivity index (χ0v) is 13.3. The van der Waals surface area contributed by atoms with Gasteiger partial charge in [-0.2, -0.15) is 0 Å². The third-order valence-corrected chi connectivity index (χ3v) is 4.10. The van der Waals surface area contributed by atoms with Gasteiger partial charge in [-0.15, -0.1) is 0 Å². The monoisotopic (exact) mass is 322 g/mol. The van der Waals surface area contributed by atoms with Gasteiger partial charge in [0.15, 0.2) is 0 Å². The number of aromatic nitrogens is 4. The minimum atomic E-state index is 0.595. The average Bonchev–Trinajstić information content (AvgIpc) is 3.02. The average molecular weight is 323 g/mol. The van der Waals surface area contributed by atoms with E-state index >= 15 is 0 Å². The Labute approximate surface area is 134 Å². The van der Waals surface area contributed by atoms with E-state index in [9.17, 15) is 0 Å². The van der Waals surface area contributed by atoms with Crippen molar-refractivity contribution in [3.8, 4) is 0 Å². The first-order valence-corrected chi connectivity index (χ1v) is 7.67. The molecule has 1 aliphatic heterocycles. The predicted octanol–water partition coefficient (Wildman–Crippen LogP) is 1.30. The molecule has 2 aromatic rings. The molecule has 1 aromatic carbocycles. The van der Waals surface area contributed by atoms with Crippen LogP contribution in [0.25, 0.3) is 0 Å². The summed E-state index contributed by atoms with van der Waals surface area (Å²) in [6.45, 7) is 4.75. The number of tetrazole rings is 1. The summed E-state index contributed by atoms with van der Waals surface area (Å²) < 4.78 is 6.87. The molecule has 0 bridgehead atoms. The summed E-state index contributed by atoms with van der Waals surface area (Å²) >= 11 is 6.27. The number of rotatable bonds is 5. The number of nitrogens with zero attached hydrogens (tertiary/aromatic N) is 6. The third kappa shape index (κ3) is 3.15. The minimum Gasteiger partial charge on any atom is -0.383 e. The van der Waals surface area contributed by atoms with Crippen LogP contribution in [0.3, 0.4) is 0 Å². The molecule has 7 nitrogen and oxygen atoms in total. The van der Waals surface area contributed by atoms with Crippen LogP contribution in [0, 0.1) is 0 Å². The molecule has 0 radical (unpaired) electrons. The van der Waals surface area contributed by atoms with E-state index in [0.29, 0.717) is 13.2 Å². The van der Waals surface area contributed by atoms with Gasteiger partial charge >= 0.3 is 0 Å². The lowest BCUT2D eigenvalue weighted by Gasteiger charge is -2.36. The van der Waals surface area contributed by atoms with Crippen molar-refractivity contribution in [1.29, 1.82) is 0 Å². The Balaban J connectivity index is 1.65. The van der Waals surface area contributed by atoms with E-state index in [2.05, 4.69) is 31.4 Å². The highest BCUT2D eigenvalue weighted by Crippen LogP contribution is 2.26. The number of benzene rings is 1. The lowest BCUT2D eigenvalue weighted by Crippen LogP contribution is -2.47. The van der Waals surface area contributed by atoms with Crippen LogP contribution in [0.1, 0.15) is 0 Å². The van der Waals surface area contributed by atoms with Crippen LogP contribution in [0.2, 0.25) is 5.02 Å². The van der Waals surface area contributed by atoms with Crippen LogP contribution >= 0.6 is 11.6 Å². The van der Waals surface area contributed by atoms with E-state index < -0.39 is 0 Å². The summed E-state index contributed by atoms with van der Waals surface area (Å²) in [7, 11) is 1.67. The second-order valence-corrected chi connectivity index (χ2v) is 5.53. The number of hydrogen-bond acceptors (Lipinski definition) is 6. The molecule has 0 N–H and O–H groups in total. The topological polar surface area (TPSA) is 59.3 Å². The summed E-state index contributed by atoms with van der Waals surface area (Å²) in [6.07, 6.45) is 0. The fourth-order valence-electron chi connectivity index (χ4n) is 2.60. The summed E-state index contributed by atoms with van der Waals surface area (Å²) in [5, 5.41) is 12.7. The standard InChI is InChI=1S/C14H19ClN6O/c1-22-11-10-21-14(16-17-18-21)20-8-6-19(7-9-20)13-5-3-2-4-12(13)15/h2-5H,6-11H2,1H3. The summed E-state index contributed by atoms with van der Waals surface area (Å²) in [4.78, 5) is 4.49. The van der Waals surface area contributed by atoms with E-state index in [1.54, 1.807) is 11.8 Å². The molecule has 8 heteroatoms. The Hall–Kier alpha value is -1.86. The molecule has 0 aliphatic carbocycles. The molecule has 0 spiro atoms. The molecule has 1 aliphatic rings. The Morgan fingerprint density at radius 1 is 1.14 bits per heavy atom. The van der Waals surface area contributed by atoms with Crippen LogP contribution in [0.5, 0.6) is 0 Å². The van der Waals surface area contributed by atoms with Gasteiger partial charge in [0.1, 0.15) is 0 Å². The molecular formula is C14H19ClN6O. The van der Waals surface area contributed by atoms with Crippen molar-refractivity contribution in [3.05, 3.63) is 29.3 Å². The Morgan fingerprint density at radius 2 is 1.86 bits per heavy atom. The summed E-state index contributed by atoms with van der Waals surface area (Å²) in [6, 6.07) is 7.94. The van der Waals surface area contributed by atoms with E-state index in [0.717, 1.165) is 42.8 Å². The number of para-hydroxylation sites is 1. The van der Waals surface area contributed by atoms with Gasteiger partial charge in [-0.1, -0.05) is 28.8 Å². The SMILES string of the molecule is COCCn1nnnc1N1CCN(c2ccccc2Cl)CC1. The largest absolute Gasteiger partial charge is 0.383 e. The van der Waals surface area contributed by atoms with Gasteiger partial charge in [0.2, 0.25) is 5.95 Å². The van der Waals surface area contributed by atoms with Gasteiger partial charge in [0.25, 0.3) is 0 Å². The Bertz CT molecular complexity index is 611. The van der Waals surface area contributed by atoms with Crippen LogP contribution in [0.15, 0.2) is 24.3 Å². The van der Waals surface area contributed by atoms with E-state index in [1.165, 1.54) is 0 Å². The van der Waals surface area contributed by atoms with Crippen molar-refractivity contribution in [1.82, 2.24) is 20.2 Å². The molecule has 1 saturated heterocycles. The summed E-state index contributed by atoms with van der Waals surface area (Å²) in [5.74, 6) is 0.802. The van der Waals surface area contributed by atoms with E-state index in [1.807, 2.05) is 18.2 Å². The molecular weight excluding hydrogens is 304 g/mol. The highest BCUT2D eigenvalue weighted by molar-refractivity contribution is 6.33. The zero-order chi connectivity index (χ0) is 15.4. The first-order chi connectivity index (χ1) is 10.8. The van der Waals surface area contributed by atoms with Gasteiger partial charge in [-0.05, 0) is 22.6 Å². The number of methoxy groups -OCH3 is 1. The fourth-order valence-corrected chi connectivity index (χ4v) is 2.86. The normalized spacial score (nSPS) is 15.4. The smallest absolute Gasteiger partial charge is 0.245 e. The molecule has 118 valence electrons. The Morgan fingerprint density at radius 3 is 2.59 bits per heavy atom. The first kappa shape index (κ1) is 15.1. The Kier molecular flexibility index (Phi) is 4.74. The van der Waals surface area contributed by atoms with Crippen molar-refractivity contribution < 1.29 is 4.74 Å². The van der Waals surface area contributed by atoms with Crippen molar-refractivity contribution in [2.45, 2.75) is 6.54 Å². The van der Waals surface area contributed by atoms with E-state index in [4.69, 9.17) is 16.3 Å². The molecule has 0 unspecified atom stereocenters. The number of ether oxygens (including phenoxy) is 1. The summed E-state index contributed by atoms with van der Waals surface area (Å²) in [5.41, 5.74) is 1.09. The van der Waals surface area contributed by atoms with Crippen LogP contribution in [-0.4, -0.2) is 60.1 Å². The van der Waals surface area contributed by atoms with Gasteiger partial charge in [0, 0.05) is 33.3 Å². The highest BCUT2D eigenvalue weighted by atomic mass is 35.5. The van der Waals surface area contributed by atoms with Crippen molar-refractivity contribution >= 4 is 23.2 Å². The fraction of sp³-hybridized carbons (Fsp3) is 0.500. The number of piperazine rings is 1. The third-order valence-electron chi connectivity index (χ3n) is 3.78. The molecule has 3 rings (SSSR count). The van der Waals surface area contributed by atoms with Gasteiger partial charge in [-0.25, -0.2) is 4.68 Å². The van der Waals surface area contributed by atoms with Crippen LogP contribution in [-0.2, 0) is 11.3 Å². The quantitative estimate of drug-likeness (QED) is 0.827. The predicted molar refractivity (Wildman–Crippen MR) is 85.6 cm³/mol. The van der Waals surface area contributed by atoms with Crippen molar-refractivity contribution in [2.75, 3.05) is 49.7 Å². The van der Waals surface area contributed by atoms with Crippen molar-refractivity contribution in [3.63, 3.8) is 0 Å². The minimum absolute atomic E-state index is 0.595. The maximum atomic E-state index is 6.27. The molecule has 0 amide bonds. The van der Waals surface area contributed by atoms with Gasteiger partial charge < -0.3 is 14.5 Å². The van der Waals surface area contributed by atoms with Gasteiger partial charge in [-0.3, -0.25) is 0 Å². The molecule has 0 saturated carbocycles. The second kappa shape index (κ2) is 6.93. The molecule has 1 aromatic heterocycles. The van der Waals surface area contributed by atoms with E-state index in [-0.39, 0.29) is 0 Å². The molecule has 1 fully saturated rings. The molecule has 22 heavy (non-hydrogen) atoms. The maximum absolute atomic E-state index is 6.27. The first-order valence-electron chi connectivity index (χ1n) is 7.29. The maximum Gasteiger partial charge on any atom is 0.245 e. The second-order valence-electron chi connectivity index (χ2n) is 5.12. The zero-order valence-electron chi connectivity index (χ0n) is 12.5. The number of anilines is 2. The van der Waals surface area contributed by atoms with Crippen LogP contribution in [0.4, 0.5) is 11.6 Å².